The van der Waals surface area contributed by atoms with Crippen molar-refractivity contribution in [3.63, 3.8) is 0 Å². The third kappa shape index (κ3) is 8.29. The van der Waals surface area contributed by atoms with Gasteiger partial charge >= 0.3 is 18.9 Å². The van der Waals surface area contributed by atoms with Gasteiger partial charge in [0.25, 0.3) is 7.82 Å². The fourth-order valence-electron chi connectivity index (χ4n) is 0.325. The van der Waals surface area contributed by atoms with Gasteiger partial charge in [0, 0.05) is 0 Å². The molecule has 64 valence electrons. The maximum absolute atomic E-state index is 10.6. The Morgan fingerprint density at radius 2 is 1.58 bits per heavy atom. The molecule has 0 spiro atoms. The van der Waals surface area contributed by atoms with E-state index in [0.717, 1.165) is 0 Å². The van der Waals surface area contributed by atoms with E-state index < -0.39 is 7.82 Å². The number of rotatable bonds is 6. The molecule has 0 aromatic heterocycles. The number of hydrogen-bond acceptors (Lipinski definition) is 4. The summed E-state index contributed by atoms with van der Waals surface area (Å²) in [6, 6.07) is 0. The van der Waals surface area contributed by atoms with E-state index in [1.54, 1.807) is 0 Å². The molecule has 0 saturated heterocycles. The standard InChI is InChI=1S/C6H11O4P.Li/c1-3-5-9-11(7,8)10-6-4-2;/h3-4H,1-2,5-6H2,(H,7,8);/q;+1/p-1. The Morgan fingerprint density at radius 1 is 1.25 bits per heavy atom. The molecule has 0 aliphatic heterocycles. The van der Waals surface area contributed by atoms with Crippen LogP contribution >= 0.6 is 7.82 Å². The smallest absolute Gasteiger partial charge is 0.756 e. The van der Waals surface area contributed by atoms with Crippen molar-refractivity contribution in [2.75, 3.05) is 13.2 Å². The predicted octanol–water partition coefficient (Wildman–Crippen LogP) is -2.14. The topological polar surface area (TPSA) is 58.6 Å². The Bertz CT molecular complexity index is 166. The van der Waals surface area contributed by atoms with E-state index in [2.05, 4.69) is 22.2 Å². The van der Waals surface area contributed by atoms with Crippen LogP contribution in [0.1, 0.15) is 0 Å². The van der Waals surface area contributed by atoms with E-state index in [1.165, 1.54) is 12.2 Å². The van der Waals surface area contributed by atoms with Gasteiger partial charge in [-0.2, -0.15) is 0 Å². The maximum Gasteiger partial charge on any atom is 1.00 e. The van der Waals surface area contributed by atoms with Crippen molar-refractivity contribution >= 4 is 7.82 Å². The van der Waals surface area contributed by atoms with Crippen molar-refractivity contribution < 1.29 is 37.4 Å². The largest absolute Gasteiger partial charge is 1.00 e. The Morgan fingerprint density at radius 3 is 1.83 bits per heavy atom. The van der Waals surface area contributed by atoms with Gasteiger partial charge in [-0.15, -0.1) is 13.2 Å². The zero-order valence-electron chi connectivity index (χ0n) is 7.06. The molecule has 6 heteroatoms. The molecule has 0 amide bonds. The molecule has 0 bridgehead atoms. The molecular formula is C6H10LiO4P. The molecule has 0 radical (unpaired) electrons. The van der Waals surface area contributed by atoms with Gasteiger partial charge in [-0.25, -0.2) is 0 Å². The van der Waals surface area contributed by atoms with Gasteiger partial charge < -0.3 is 13.9 Å². The van der Waals surface area contributed by atoms with Crippen molar-refractivity contribution in [1.29, 1.82) is 0 Å². The molecule has 0 aliphatic carbocycles. The van der Waals surface area contributed by atoms with Crippen LogP contribution in [0.2, 0.25) is 0 Å². The molecule has 0 aromatic rings. The zero-order valence-corrected chi connectivity index (χ0v) is 7.96. The normalized spacial score (nSPS) is 10.1. The second-order valence-corrected chi connectivity index (χ2v) is 3.03. The Hall–Kier alpha value is 0.187. The van der Waals surface area contributed by atoms with Crippen LogP contribution in [-0.4, -0.2) is 13.2 Å². The van der Waals surface area contributed by atoms with Crippen molar-refractivity contribution in [2.24, 2.45) is 0 Å². The van der Waals surface area contributed by atoms with Crippen LogP contribution in [0.4, 0.5) is 0 Å². The first kappa shape index (κ1) is 14.7. The summed E-state index contributed by atoms with van der Waals surface area (Å²) in [5.74, 6) is 0. The Kier molecular flexibility index (Phi) is 9.57. The number of hydrogen-bond donors (Lipinski definition) is 0. The van der Waals surface area contributed by atoms with Crippen LogP contribution in [0, 0.1) is 0 Å². The van der Waals surface area contributed by atoms with Crippen LogP contribution in [0.15, 0.2) is 25.3 Å². The minimum absolute atomic E-state index is 0. The molecule has 0 N–H and O–H groups in total. The first-order valence-corrected chi connectivity index (χ1v) is 4.40. The summed E-state index contributed by atoms with van der Waals surface area (Å²) in [6.45, 7) is 6.42. The molecule has 0 heterocycles. The summed E-state index contributed by atoms with van der Waals surface area (Å²) >= 11 is 0. The summed E-state index contributed by atoms with van der Waals surface area (Å²) in [6.07, 6.45) is 2.64. The number of phosphoric acid groups is 1. The van der Waals surface area contributed by atoms with Gasteiger partial charge in [-0.1, -0.05) is 12.2 Å². The average molecular weight is 184 g/mol. The SMILES string of the molecule is C=CCOP(=O)([O-])OCC=C.[Li+]. The van der Waals surface area contributed by atoms with Gasteiger partial charge in [-0.3, -0.25) is 4.57 Å². The third-order valence-corrected chi connectivity index (χ3v) is 1.63. The van der Waals surface area contributed by atoms with Crippen molar-refractivity contribution in [1.82, 2.24) is 0 Å². The van der Waals surface area contributed by atoms with Gasteiger partial charge in [0.2, 0.25) is 0 Å². The van der Waals surface area contributed by atoms with Gasteiger partial charge in [0.1, 0.15) is 0 Å². The summed E-state index contributed by atoms with van der Waals surface area (Å²) in [5, 5.41) is 0. The van der Waals surface area contributed by atoms with E-state index >= 15 is 0 Å². The third-order valence-electron chi connectivity index (χ3n) is 0.701. The van der Waals surface area contributed by atoms with E-state index in [1.807, 2.05) is 0 Å². The van der Waals surface area contributed by atoms with E-state index in [9.17, 15) is 9.46 Å². The van der Waals surface area contributed by atoms with Crippen LogP contribution in [-0.2, 0) is 13.6 Å². The molecule has 0 unspecified atom stereocenters. The molecule has 0 aliphatic rings. The minimum Gasteiger partial charge on any atom is -0.756 e. The molecule has 0 fully saturated rings. The first-order chi connectivity index (χ1) is 5.12. The van der Waals surface area contributed by atoms with Crippen molar-refractivity contribution in [3.05, 3.63) is 25.3 Å². The number of phosphoric ester groups is 1. The van der Waals surface area contributed by atoms with Gasteiger partial charge in [0.15, 0.2) is 0 Å². The summed E-state index contributed by atoms with van der Waals surface area (Å²) in [4.78, 5) is 10.6. The second kappa shape index (κ2) is 7.82. The predicted molar refractivity (Wildman–Crippen MR) is 39.9 cm³/mol. The van der Waals surface area contributed by atoms with Crippen molar-refractivity contribution in [2.45, 2.75) is 0 Å². The van der Waals surface area contributed by atoms with Crippen molar-refractivity contribution in [3.8, 4) is 0 Å². The van der Waals surface area contributed by atoms with Gasteiger partial charge in [0.05, 0.1) is 13.2 Å². The molecule has 12 heavy (non-hydrogen) atoms. The Labute approximate surface area is 84.1 Å². The van der Waals surface area contributed by atoms with Crippen LogP contribution in [0.3, 0.4) is 0 Å². The fourth-order valence-corrected chi connectivity index (χ4v) is 0.976. The van der Waals surface area contributed by atoms with Gasteiger partial charge in [-0.05, 0) is 0 Å². The van der Waals surface area contributed by atoms with E-state index in [0.29, 0.717) is 0 Å². The molecule has 4 nitrogen and oxygen atoms in total. The second-order valence-electron chi connectivity index (χ2n) is 1.62. The summed E-state index contributed by atoms with van der Waals surface area (Å²) < 4.78 is 19.2. The van der Waals surface area contributed by atoms with E-state index in [-0.39, 0.29) is 32.1 Å². The molecule has 0 rings (SSSR count). The van der Waals surface area contributed by atoms with E-state index in [4.69, 9.17) is 0 Å². The quantitative estimate of drug-likeness (QED) is 0.268. The summed E-state index contributed by atoms with van der Waals surface area (Å²) in [5.41, 5.74) is 0. The maximum atomic E-state index is 10.6. The molecule has 0 atom stereocenters. The first-order valence-electron chi connectivity index (χ1n) is 2.94. The minimum atomic E-state index is -4.12. The van der Waals surface area contributed by atoms with Crippen LogP contribution < -0.4 is 23.8 Å². The zero-order chi connectivity index (χ0) is 8.74. The summed E-state index contributed by atoms with van der Waals surface area (Å²) in [7, 11) is -4.12. The molecule has 0 saturated carbocycles. The fraction of sp³-hybridized carbons (Fsp3) is 0.333. The van der Waals surface area contributed by atoms with Crippen LogP contribution in [0.5, 0.6) is 0 Å². The molecule has 0 aromatic carbocycles. The van der Waals surface area contributed by atoms with Crippen LogP contribution in [0.25, 0.3) is 0 Å². The Balaban J connectivity index is 0. The monoisotopic (exact) mass is 184 g/mol. The average Bonchev–Trinajstić information content (AvgIpc) is 1.97. The molecular weight excluding hydrogens is 174 g/mol.